The molecule has 6 heteroatoms. The van der Waals surface area contributed by atoms with Crippen LogP contribution in [0.3, 0.4) is 0 Å². The van der Waals surface area contributed by atoms with Crippen LogP contribution in [0, 0.1) is 10.1 Å². The molecule has 0 atom stereocenters. The smallest absolute Gasteiger partial charge is 0.270 e. The minimum absolute atomic E-state index is 0.0426. The number of non-ortho nitro benzene ring substituents is 1. The van der Waals surface area contributed by atoms with Crippen molar-refractivity contribution in [2.45, 2.75) is 18.8 Å². The van der Waals surface area contributed by atoms with Crippen LogP contribution in [0.2, 0.25) is 0 Å². The molecule has 0 unspecified atom stereocenters. The number of likely N-dealkylation sites (tertiary alicyclic amines) is 1. The molecule has 0 spiro atoms. The van der Waals surface area contributed by atoms with Crippen molar-refractivity contribution in [1.29, 1.82) is 0 Å². The number of hydrogen-bond acceptors (Lipinski definition) is 4. The van der Waals surface area contributed by atoms with E-state index in [2.05, 4.69) is 16.8 Å². The van der Waals surface area contributed by atoms with Crippen LogP contribution >= 0.6 is 11.3 Å². The molecule has 0 aliphatic carbocycles. The van der Waals surface area contributed by atoms with E-state index >= 15 is 0 Å². The third kappa shape index (κ3) is 3.01. The molecular weight excluding hydrogens is 300 g/mol. The first-order valence-corrected chi connectivity index (χ1v) is 8.15. The van der Waals surface area contributed by atoms with Crippen LogP contribution < -0.4 is 0 Å². The van der Waals surface area contributed by atoms with Crippen LogP contribution in [0.1, 0.15) is 34.7 Å². The summed E-state index contributed by atoms with van der Waals surface area (Å²) in [7, 11) is 0. The van der Waals surface area contributed by atoms with E-state index in [4.69, 9.17) is 0 Å². The maximum absolute atomic E-state index is 12.5. The summed E-state index contributed by atoms with van der Waals surface area (Å²) in [6.45, 7) is 1.39. The summed E-state index contributed by atoms with van der Waals surface area (Å²) >= 11 is 1.70. The molecule has 0 saturated carbocycles. The largest absolute Gasteiger partial charge is 0.339 e. The van der Waals surface area contributed by atoms with E-state index in [0.29, 0.717) is 24.6 Å². The summed E-state index contributed by atoms with van der Waals surface area (Å²) in [6, 6.07) is 8.10. The van der Waals surface area contributed by atoms with E-state index in [0.717, 1.165) is 12.8 Å². The molecule has 0 N–H and O–H groups in total. The topological polar surface area (TPSA) is 63.4 Å². The van der Waals surface area contributed by atoms with Crippen molar-refractivity contribution >= 4 is 22.9 Å². The number of carbonyl (C=O) groups excluding carboxylic acids is 1. The van der Waals surface area contributed by atoms with Gasteiger partial charge in [0.1, 0.15) is 0 Å². The monoisotopic (exact) mass is 316 g/mol. The number of nitrogens with zero attached hydrogens (tertiary/aromatic N) is 2. The Morgan fingerprint density at radius 1 is 1.27 bits per heavy atom. The van der Waals surface area contributed by atoms with Gasteiger partial charge in [-0.3, -0.25) is 14.9 Å². The Labute approximate surface area is 132 Å². The second-order valence-electron chi connectivity index (χ2n) is 5.43. The number of nitro benzene ring substituents is 1. The van der Waals surface area contributed by atoms with Crippen LogP contribution in [0.15, 0.2) is 41.1 Å². The number of nitro groups is 1. The molecule has 1 fully saturated rings. The van der Waals surface area contributed by atoms with Gasteiger partial charge >= 0.3 is 0 Å². The maximum atomic E-state index is 12.5. The molecule has 1 saturated heterocycles. The highest BCUT2D eigenvalue weighted by atomic mass is 32.1. The molecule has 1 aromatic heterocycles. The fraction of sp³-hybridized carbons (Fsp3) is 0.312. The Hall–Kier alpha value is -2.21. The molecule has 1 aliphatic rings. The number of benzene rings is 1. The van der Waals surface area contributed by atoms with Crippen molar-refractivity contribution < 1.29 is 9.72 Å². The lowest BCUT2D eigenvalue weighted by Gasteiger charge is -2.31. The second-order valence-corrected chi connectivity index (χ2v) is 6.21. The summed E-state index contributed by atoms with van der Waals surface area (Å²) in [6.07, 6.45) is 1.88. The molecule has 0 radical (unpaired) electrons. The lowest BCUT2D eigenvalue weighted by atomic mass is 9.91. The summed E-state index contributed by atoms with van der Waals surface area (Å²) in [4.78, 5) is 24.6. The molecule has 3 rings (SSSR count). The van der Waals surface area contributed by atoms with E-state index in [1.54, 1.807) is 28.4 Å². The third-order valence-corrected chi connectivity index (χ3v) is 4.80. The van der Waals surface area contributed by atoms with Gasteiger partial charge in [0.15, 0.2) is 0 Å². The van der Waals surface area contributed by atoms with Gasteiger partial charge in [-0.1, -0.05) is 6.07 Å². The fourth-order valence-corrected chi connectivity index (χ4v) is 3.60. The fourth-order valence-electron chi connectivity index (χ4n) is 2.86. The van der Waals surface area contributed by atoms with Crippen molar-refractivity contribution in [1.82, 2.24) is 4.90 Å². The Morgan fingerprint density at radius 2 is 2.05 bits per heavy atom. The molecule has 2 heterocycles. The Balaban J connectivity index is 1.67. The normalized spacial score (nSPS) is 15.7. The van der Waals surface area contributed by atoms with Gasteiger partial charge in [-0.25, -0.2) is 0 Å². The Bertz CT molecular complexity index is 676. The average molecular weight is 316 g/mol. The number of carbonyl (C=O) groups is 1. The number of piperidine rings is 1. The number of thiophene rings is 1. The lowest BCUT2D eigenvalue weighted by molar-refractivity contribution is -0.384. The molecule has 5 nitrogen and oxygen atoms in total. The van der Waals surface area contributed by atoms with E-state index < -0.39 is 4.92 Å². The van der Waals surface area contributed by atoms with Gasteiger partial charge in [-0.05, 0) is 47.2 Å². The van der Waals surface area contributed by atoms with Crippen LogP contribution in [-0.4, -0.2) is 28.8 Å². The summed E-state index contributed by atoms with van der Waals surface area (Å²) in [5.41, 5.74) is 1.70. The predicted octanol–water partition coefficient (Wildman–Crippen LogP) is 3.68. The van der Waals surface area contributed by atoms with Crippen LogP contribution in [0.25, 0.3) is 0 Å². The maximum Gasteiger partial charge on any atom is 0.270 e. The summed E-state index contributed by atoms with van der Waals surface area (Å²) in [5.74, 6) is 0.396. The van der Waals surface area contributed by atoms with Crippen molar-refractivity contribution in [2.24, 2.45) is 0 Å². The molecule has 2 aromatic rings. The van der Waals surface area contributed by atoms with Gasteiger partial charge in [0, 0.05) is 30.8 Å². The van der Waals surface area contributed by atoms with Crippen LogP contribution in [0.5, 0.6) is 0 Å². The van der Waals surface area contributed by atoms with Crippen LogP contribution in [-0.2, 0) is 0 Å². The van der Waals surface area contributed by atoms with E-state index in [-0.39, 0.29) is 11.6 Å². The first-order valence-electron chi connectivity index (χ1n) is 7.21. The first-order chi connectivity index (χ1) is 10.6. The quantitative estimate of drug-likeness (QED) is 0.641. The van der Waals surface area contributed by atoms with Gasteiger partial charge < -0.3 is 4.90 Å². The molecule has 0 bridgehead atoms. The number of amides is 1. The van der Waals surface area contributed by atoms with Crippen molar-refractivity contribution in [3.8, 4) is 0 Å². The molecule has 1 aromatic carbocycles. The van der Waals surface area contributed by atoms with Gasteiger partial charge in [0.05, 0.1) is 4.92 Å². The number of hydrogen-bond donors (Lipinski definition) is 0. The van der Waals surface area contributed by atoms with E-state index in [9.17, 15) is 14.9 Å². The number of rotatable bonds is 3. The zero-order chi connectivity index (χ0) is 15.5. The highest BCUT2D eigenvalue weighted by Gasteiger charge is 2.25. The zero-order valence-electron chi connectivity index (χ0n) is 12.0. The molecule has 1 amide bonds. The predicted molar refractivity (Wildman–Crippen MR) is 85.3 cm³/mol. The van der Waals surface area contributed by atoms with Gasteiger partial charge in [0.25, 0.3) is 11.6 Å². The van der Waals surface area contributed by atoms with Gasteiger partial charge in [-0.2, -0.15) is 11.3 Å². The molecular formula is C16H16N2O3S. The summed E-state index contributed by atoms with van der Waals surface area (Å²) in [5, 5.41) is 15.1. The second kappa shape index (κ2) is 6.27. The average Bonchev–Trinajstić information content (AvgIpc) is 3.09. The lowest BCUT2D eigenvalue weighted by Crippen LogP contribution is -2.37. The highest BCUT2D eigenvalue weighted by Crippen LogP contribution is 2.30. The highest BCUT2D eigenvalue weighted by molar-refractivity contribution is 7.07. The standard InChI is InChI=1S/C16H16N2O3S/c19-16(13-2-1-3-15(10-13)18(20)21)17-7-4-12(5-8-17)14-6-9-22-11-14/h1-3,6,9-12H,4-5,7-8H2. The molecule has 1 aliphatic heterocycles. The third-order valence-electron chi connectivity index (χ3n) is 4.10. The van der Waals surface area contributed by atoms with Crippen LogP contribution in [0.4, 0.5) is 5.69 Å². The Morgan fingerprint density at radius 3 is 2.68 bits per heavy atom. The van der Waals surface area contributed by atoms with Crippen molar-refractivity contribution in [3.63, 3.8) is 0 Å². The van der Waals surface area contributed by atoms with E-state index in [1.807, 2.05) is 0 Å². The Kier molecular flexibility index (Phi) is 4.20. The van der Waals surface area contributed by atoms with Gasteiger partial charge in [0.2, 0.25) is 0 Å². The first kappa shape index (κ1) is 14.7. The van der Waals surface area contributed by atoms with Crippen molar-refractivity contribution in [2.75, 3.05) is 13.1 Å². The molecule has 114 valence electrons. The van der Waals surface area contributed by atoms with Gasteiger partial charge in [-0.15, -0.1) is 0 Å². The SMILES string of the molecule is O=C(c1cccc([N+](=O)[O-])c1)N1CCC(c2ccsc2)CC1. The van der Waals surface area contributed by atoms with E-state index in [1.165, 1.54) is 17.7 Å². The zero-order valence-corrected chi connectivity index (χ0v) is 12.8. The van der Waals surface area contributed by atoms with Crippen molar-refractivity contribution in [3.05, 3.63) is 62.3 Å². The minimum Gasteiger partial charge on any atom is -0.339 e. The molecule has 22 heavy (non-hydrogen) atoms. The summed E-state index contributed by atoms with van der Waals surface area (Å²) < 4.78 is 0. The minimum atomic E-state index is -0.473.